The molecule has 0 aliphatic carbocycles. The van der Waals surface area contributed by atoms with Gasteiger partial charge >= 0.3 is 0 Å². The molecule has 1 aliphatic heterocycles. The third kappa shape index (κ3) is 30.1. The summed E-state index contributed by atoms with van der Waals surface area (Å²) < 4.78 is 5.70. The minimum absolute atomic E-state index is 0.799. The van der Waals surface area contributed by atoms with E-state index in [0.717, 1.165) is 32.0 Å². The highest BCUT2D eigenvalue weighted by Crippen LogP contribution is 2.16. The smallest absolute Gasteiger partial charge is 0.184 e. The molecule has 0 fully saturated rings. The van der Waals surface area contributed by atoms with Gasteiger partial charge in [0.2, 0.25) is 0 Å². The van der Waals surface area contributed by atoms with Gasteiger partial charge in [-0.3, -0.25) is 4.99 Å². The van der Waals surface area contributed by atoms with Crippen LogP contribution in [0.3, 0.4) is 0 Å². The monoisotopic (exact) mass is 619 g/mol. The molecule has 44 heavy (non-hydrogen) atoms. The van der Waals surface area contributed by atoms with Crippen LogP contribution in [-0.4, -0.2) is 43.6 Å². The first-order valence-corrected chi connectivity index (χ1v) is 20.7. The Balaban J connectivity index is 1.95. The van der Waals surface area contributed by atoms with E-state index in [4.69, 9.17) is 4.74 Å². The fourth-order valence-electron chi connectivity index (χ4n) is 6.89. The van der Waals surface area contributed by atoms with Crippen LogP contribution in [0.25, 0.3) is 0 Å². The lowest BCUT2D eigenvalue weighted by Crippen LogP contribution is -2.28. The molecule has 1 rings (SSSR count). The Morgan fingerprint density at radius 1 is 0.409 bits per heavy atom. The highest BCUT2D eigenvalue weighted by atomic mass is 16.5. The van der Waals surface area contributed by atoms with E-state index in [1.807, 2.05) is 0 Å². The summed E-state index contributed by atoms with van der Waals surface area (Å²) in [5.74, 6) is 1.01. The molecule has 3 nitrogen and oxygen atoms in total. The summed E-state index contributed by atoms with van der Waals surface area (Å²) in [5, 5.41) is 0. The third-order valence-electron chi connectivity index (χ3n) is 9.95. The molecular formula is C41H82N2O. The van der Waals surface area contributed by atoms with Gasteiger partial charge in [-0.05, 0) is 25.9 Å². The maximum atomic E-state index is 5.70. The quantitative estimate of drug-likeness (QED) is 0.0647. The van der Waals surface area contributed by atoms with Gasteiger partial charge in [0.05, 0.1) is 6.54 Å². The van der Waals surface area contributed by atoms with Crippen LogP contribution in [0.15, 0.2) is 4.99 Å². The SMILES string of the molecule is CCCCCCCCCCCCCCCCCCN(CCCCCCCCCCCCCCCCCC)CCC1=NCCO1. The maximum absolute atomic E-state index is 5.70. The van der Waals surface area contributed by atoms with E-state index in [1.54, 1.807) is 0 Å². The molecule has 0 bridgehead atoms. The number of hydrogen-bond acceptors (Lipinski definition) is 3. The highest BCUT2D eigenvalue weighted by molar-refractivity contribution is 5.77. The summed E-state index contributed by atoms with van der Waals surface area (Å²) in [6, 6.07) is 0. The Morgan fingerprint density at radius 3 is 0.977 bits per heavy atom. The van der Waals surface area contributed by atoms with E-state index in [0.29, 0.717) is 0 Å². The Morgan fingerprint density at radius 2 is 0.705 bits per heavy atom. The summed E-state index contributed by atoms with van der Waals surface area (Å²) in [7, 11) is 0. The molecule has 0 spiro atoms. The van der Waals surface area contributed by atoms with E-state index < -0.39 is 0 Å². The van der Waals surface area contributed by atoms with Crippen molar-refractivity contribution in [1.29, 1.82) is 0 Å². The number of ether oxygens (including phenoxy) is 1. The van der Waals surface area contributed by atoms with Gasteiger partial charge in [-0.15, -0.1) is 0 Å². The fraction of sp³-hybridized carbons (Fsp3) is 0.976. The van der Waals surface area contributed by atoms with Gasteiger partial charge in [0.25, 0.3) is 0 Å². The molecule has 0 saturated carbocycles. The molecule has 0 radical (unpaired) electrons. The van der Waals surface area contributed by atoms with Crippen molar-refractivity contribution < 1.29 is 4.74 Å². The Hall–Kier alpha value is -0.570. The van der Waals surface area contributed by atoms with Gasteiger partial charge in [-0.25, -0.2) is 0 Å². The normalized spacial score (nSPS) is 13.2. The lowest BCUT2D eigenvalue weighted by molar-refractivity contribution is 0.257. The molecule has 1 aliphatic rings. The van der Waals surface area contributed by atoms with Crippen molar-refractivity contribution in [3.05, 3.63) is 0 Å². The van der Waals surface area contributed by atoms with Crippen molar-refractivity contribution in [3.8, 4) is 0 Å². The second-order valence-electron chi connectivity index (χ2n) is 14.3. The van der Waals surface area contributed by atoms with Gasteiger partial charge in [0, 0.05) is 13.0 Å². The van der Waals surface area contributed by atoms with Crippen molar-refractivity contribution in [2.24, 2.45) is 4.99 Å². The topological polar surface area (TPSA) is 24.8 Å². The summed E-state index contributed by atoms with van der Waals surface area (Å²) in [5.41, 5.74) is 0. The van der Waals surface area contributed by atoms with Crippen molar-refractivity contribution in [3.63, 3.8) is 0 Å². The van der Waals surface area contributed by atoms with Crippen molar-refractivity contribution in [1.82, 2.24) is 4.90 Å². The summed E-state index contributed by atoms with van der Waals surface area (Å²) in [6.07, 6.45) is 47.3. The first-order valence-electron chi connectivity index (χ1n) is 20.7. The van der Waals surface area contributed by atoms with Crippen LogP contribution in [0, 0.1) is 0 Å². The summed E-state index contributed by atoms with van der Waals surface area (Å²) in [4.78, 5) is 7.25. The zero-order chi connectivity index (χ0) is 31.4. The number of nitrogens with zero attached hydrogens (tertiary/aromatic N) is 2. The molecule has 0 aromatic carbocycles. The Bertz CT molecular complexity index is 541. The third-order valence-corrected chi connectivity index (χ3v) is 9.95. The molecule has 262 valence electrons. The van der Waals surface area contributed by atoms with Crippen LogP contribution in [-0.2, 0) is 4.74 Å². The van der Waals surface area contributed by atoms with Gasteiger partial charge in [0.15, 0.2) is 5.90 Å². The average molecular weight is 619 g/mol. The predicted octanol–water partition coefficient (Wildman–Crippen LogP) is 13.6. The minimum atomic E-state index is 0.799. The molecule has 0 aromatic heterocycles. The van der Waals surface area contributed by atoms with E-state index in [2.05, 4.69) is 23.7 Å². The van der Waals surface area contributed by atoms with Crippen molar-refractivity contribution in [2.45, 2.75) is 226 Å². The van der Waals surface area contributed by atoms with Crippen LogP contribution < -0.4 is 0 Å². The van der Waals surface area contributed by atoms with Gasteiger partial charge in [0.1, 0.15) is 6.61 Å². The van der Waals surface area contributed by atoms with Crippen LogP contribution in [0.1, 0.15) is 226 Å². The zero-order valence-corrected chi connectivity index (χ0v) is 30.7. The predicted molar refractivity (Wildman–Crippen MR) is 198 cm³/mol. The molecular weight excluding hydrogens is 536 g/mol. The molecule has 0 N–H and O–H groups in total. The Kier molecular flexibility index (Phi) is 33.2. The molecule has 1 heterocycles. The number of aliphatic imine (C=N–C) groups is 1. The Labute approximate surface area is 278 Å². The fourth-order valence-corrected chi connectivity index (χ4v) is 6.89. The van der Waals surface area contributed by atoms with E-state index in [1.165, 1.54) is 219 Å². The highest BCUT2D eigenvalue weighted by Gasteiger charge is 2.11. The first kappa shape index (κ1) is 41.5. The van der Waals surface area contributed by atoms with E-state index in [9.17, 15) is 0 Å². The first-order chi connectivity index (χ1) is 21.9. The maximum Gasteiger partial charge on any atom is 0.184 e. The van der Waals surface area contributed by atoms with Crippen molar-refractivity contribution >= 4 is 5.90 Å². The molecule has 0 aromatic rings. The largest absolute Gasteiger partial charge is 0.479 e. The number of unbranched alkanes of at least 4 members (excludes halogenated alkanes) is 30. The van der Waals surface area contributed by atoms with Gasteiger partial charge in [-0.1, -0.05) is 206 Å². The molecule has 0 unspecified atom stereocenters. The summed E-state index contributed by atoms with van der Waals surface area (Å²) >= 11 is 0. The van der Waals surface area contributed by atoms with Crippen LogP contribution in [0.2, 0.25) is 0 Å². The van der Waals surface area contributed by atoms with Crippen molar-refractivity contribution in [2.75, 3.05) is 32.8 Å². The lowest BCUT2D eigenvalue weighted by Gasteiger charge is -2.22. The second-order valence-corrected chi connectivity index (χ2v) is 14.3. The zero-order valence-electron chi connectivity index (χ0n) is 30.7. The number of hydrogen-bond donors (Lipinski definition) is 0. The molecule has 0 atom stereocenters. The average Bonchev–Trinajstić information content (AvgIpc) is 3.56. The summed E-state index contributed by atoms with van der Waals surface area (Å²) in [6.45, 7) is 9.95. The molecule has 0 amide bonds. The lowest BCUT2D eigenvalue weighted by atomic mass is 10.0. The minimum Gasteiger partial charge on any atom is -0.479 e. The second kappa shape index (κ2) is 35.3. The number of rotatable bonds is 37. The molecule has 0 saturated heterocycles. The van der Waals surface area contributed by atoms with Gasteiger partial charge in [-0.2, -0.15) is 0 Å². The van der Waals surface area contributed by atoms with E-state index in [-0.39, 0.29) is 0 Å². The molecule has 3 heteroatoms. The van der Waals surface area contributed by atoms with Crippen LogP contribution >= 0.6 is 0 Å². The van der Waals surface area contributed by atoms with E-state index >= 15 is 0 Å². The van der Waals surface area contributed by atoms with Gasteiger partial charge < -0.3 is 9.64 Å². The van der Waals surface area contributed by atoms with Crippen LogP contribution in [0.4, 0.5) is 0 Å². The van der Waals surface area contributed by atoms with Crippen LogP contribution in [0.5, 0.6) is 0 Å². The standard InChI is InChI=1S/C41H82N2O/c1-3-5-7-9-11-13-15-17-19-21-23-25-27-29-31-33-37-43(39-35-41-42-36-40-44-41)38-34-32-30-28-26-24-22-20-18-16-14-12-10-8-6-4-2/h3-40H2,1-2H3.